The molecule has 146 valence electrons. The van der Waals surface area contributed by atoms with E-state index in [1.54, 1.807) is 0 Å². The molecular weight excluding hydrogens is 348 g/mol. The number of nitrogens with zero attached hydrogens (tertiary/aromatic N) is 4. The lowest BCUT2D eigenvalue weighted by Gasteiger charge is -2.30. The Bertz CT molecular complexity index is 557. The quantitative estimate of drug-likeness (QED) is 0.807. The summed E-state index contributed by atoms with van der Waals surface area (Å²) in [4.78, 5) is 13.4. The molecule has 1 N–H and O–H groups in total. The number of piperidine rings is 1. The number of likely N-dealkylation sites (tertiary alicyclic amines) is 2. The number of hydrogen-bond acceptors (Lipinski definition) is 7. The molecule has 4 rings (SSSR count). The van der Waals surface area contributed by atoms with Crippen molar-refractivity contribution < 1.29 is 9.84 Å². The highest BCUT2D eigenvalue weighted by Crippen LogP contribution is 2.29. The van der Waals surface area contributed by atoms with Crippen LogP contribution in [0.25, 0.3) is 0 Å². The van der Waals surface area contributed by atoms with Crippen molar-refractivity contribution in [2.45, 2.75) is 25.8 Å². The summed E-state index contributed by atoms with van der Waals surface area (Å²) in [5, 5.41) is 11.0. The standard InChI is InChI=1S/C19H32N4O2S/c24-15-17-13-22(12-16(17)11-21-4-2-1-3-5-21)14-18-10-20-19(26-18)23-6-8-25-9-7-23/h10,16-17,24H,1-9,11-15H2/t16-,17-/m1/s1. The molecule has 0 aromatic carbocycles. The molecule has 6 nitrogen and oxygen atoms in total. The van der Waals surface area contributed by atoms with Crippen LogP contribution in [0.1, 0.15) is 24.1 Å². The predicted octanol–water partition coefficient (Wildman–Crippen LogP) is 1.51. The summed E-state index contributed by atoms with van der Waals surface area (Å²) in [7, 11) is 0. The lowest BCUT2D eigenvalue weighted by atomic mass is 9.95. The zero-order valence-electron chi connectivity index (χ0n) is 15.7. The van der Waals surface area contributed by atoms with Crippen LogP contribution in [0.5, 0.6) is 0 Å². The number of anilines is 1. The Labute approximate surface area is 160 Å². The first-order valence-corrected chi connectivity index (χ1v) is 11.0. The minimum Gasteiger partial charge on any atom is -0.396 e. The average molecular weight is 381 g/mol. The Morgan fingerprint density at radius 1 is 1.04 bits per heavy atom. The van der Waals surface area contributed by atoms with Crippen LogP contribution >= 0.6 is 11.3 Å². The van der Waals surface area contributed by atoms with Crippen LogP contribution in [0.3, 0.4) is 0 Å². The molecule has 3 saturated heterocycles. The number of thiazole rings is 1. The molecule has 0 spiro atoms. The van der Waals surface area contributed by atoms with Gasteiger partial charge in [0.05, 0.1) is 13.2 Å². The van der Waals surface area contributed by atoms with Crippen molar-refractivity contribution in [3.8, 4) is 0 Å². The van der Waals surface area contributed by atoms with E-state index >= 15 is 0 Å². The van der Waals surface area contributed by atoms with Crippen molar-refractivity contribution in [3.05, 3.63) is 11.1 Å². The van der Waals surface area contributed by atoms with Gasteiger partial charge in [0.25, 0.3) is 0 Å². The molecule has 4 heterocycles. The molecule has 2 atom stereocenters. The summed E-state index contributed by atoms with van der Waals surface area (Å²) in [5.41, 5.74) is 0. The number of ether oxygens (including phenoxy) is 1. The second kappa shape index (κ2) is 8.97. The summed E-state index contributed by atoms with van der Waals surface area (Å²) in [5.74, 6) is 1.02. The van der Waals surface area contributed by atoms with Gasteiger partial charge < -0.3 is 19.6 Å². The molecule has 0 unspecified atom stereocenters. The minimum atomic E-state index is 0.316. The van der Waals surface area contributed by atoms with E-state index in [4.69, 9.17) is 4.74 Å². The Hall–Kier alpha value is -0.730. The number of aromatic nitrogens is 1. The fourth-order valence-corrected chi connectivity index (χ4v) is 5.55. The van der Waals surface area contributed by atoms with Crippen LogP contribution in [-0.4, -0.2) is 85.5 Å². The van der Waals surface area contributed by atoms with Gasteiger partial charge >= 0.3 is 0 Å². The molecule has 3 fully saturated rings. The summed E-state index contributed by atoms with van der Waals surface area (Å²) in [6, 6.07) is 0. The van der Waals surface area contributed by atoms with Gasteiger partial charge in [0, 0.05) is 56.9 Å². The van der Waals surface area contributed by atoms with E-state index in [0.717, 1.165) is 57.6 Å². The molecule has 0 bridgehead atoms. The van der Waals surface area contributed by atoms with Gasteiger partial charge in [-0.05, 0) is 37.8 Å². The molecule has 1 aromatic rings. The van der Waals surface area contributed by atoms with E-state index in [-0.39, 0.29) is 0 Å². The molecule has 0 saturated carbocycles. The Kier molecular flexibility index (Phi) is 6.43. The molecule has 0 amide bonds. The van der Waals surface area contributed by atoms with Crippen LogP contribution in [0, 0.1) is 11.8 Å². The highest BCUT2D eigenvalue weighted by atomic mass is 32.1. The third-order valence-corrected chi connectivity index (χ3v) is 7.07. The summed E-state index contributed by atoms with van der Waals surface area (Å²) in [6.07, 6.45) is 6.10. The first kappa shape index (κ1) is 18.6. The highest BCUT2D eigenvalue weighted by Gasteiger charge is 2.33. The first-order valence-electron chi connectivity index (χ1n) is 10.1. The molecule has 3 aliphatic heterocycles. The maximum absolute atomic E-state index is 9.85. The van der Waals surface area contributed by atoms with Crippen LogP contribution in [0.15, 0.2) is 6.20 Å². The molecule has 0 aliphatic carbocycles. The first-order chi connectivity index (χ1) is 12.8. The molecule has 3 aliphatic rings. The Morgan fingerprint density at radius 2 is 1.81 bits per heavy atom. The third-order valence-electron chi connectivity index (χ3n) is 6.03. The van der Waals surface area contributed by atoms with Gasteiger partial charge in [-0.2, -0.15) is 0 Å². The molecular formula is C19H32N4O2S. The average Bonchev–Trinajstić information content (AvgIpc) is 3.30. The van der Waals surface area contributed by atoms with Crippen molar-refractivity contribution in [1.82, 2.24) is 14.8 Å². The summed E-state index contributed by atoms with van der Waals surface area (Å²) < 4.78 is 5.43. The normalized spacial score (nSPS) is 28.7. The van der Waals surface area contributed by atoms with Crippen molar-refractivity contribution >= 4 is 16.5 Å². The largest absolute Gasteiger partial charge is 0.396 e. The van der Waals surface area contributed by atoms with E-state index in [9.17, 15) is 5.11 Å². The molecule has 7 heteroatoms. The summed E-state index contributed by atoms with van der Waals surface area (Å²) >= 11 is 1.82. The van der Waals surface area contributed by atoms with Crippen molar-refractivity contribution in [3.63, 3.8) is 0 Å². The highest BCUT2D eigenvalue weighted by molar-refractivity contribution is 7.15. The minimum absolute atomic E-state index is 0.316. The van der Waals surface area contributed by atoms with Gasteiger partial charge in [0.15, 0.2) is 5.13 Å². The van der Waals surface area contributed by atoms with Crippen LogP contribution < -0.4 is 4.90 Å². The second-order valence-electron chi connectivity index (χ2n) is 7.97. The molecule has 26 heavy (non-hydrogen) atoms. The topological polar surface area (TPSA) is 52.1 Å². The van der Waals surface area contributed by atoms with Gasteiger partial charge in [-0.3, -0.25) is 4.90 Å². The Balaban J connectivity index is 1.31. The van der Waals surface area contributed by atoms with Gasteiger partial charge in [-0.15, -0.1) is 11.3 Å². The maximum Gasteiger partial charge on any atom is 0.185 e. The Morgan fingerprint density at radius 3 is 2.58 bits per heavy atom. The lowest BCUT2D eigenvalue weighted by molar-refractivity contribution is 0.122. The second-order valence-corrected chi connectivity index (χ2v) is 9.06. The number of aliphatic hydroxyl groups is 1. The third kappa shape index (κ3) is 4.57. The lowest BCUT2D eigenvalue weighted by Crippen LogP contribution is -2.37. The van der Waals surface area contributed by atoms with Gasteiger partial charge in [0.1, 0.15) is 0 Å². The van der Waals surface area contributed by atoms with E-state index in [0.29, 0.717) is 18.4 Å². The van der Waals surface area contributed by atoms with E-state index in [1.807, 2.05) is 17.5 Å². The van der Waals surface area contributed by atoms with E-state index in [1.165, 1.54) is 37.2 Å². The maximum atomic E-state index is 9.85. The van der Waals surface area contributed by atoms with Crippen molar-refractivity contribution in [2.24, 2.45) is 11.8 Å². The molecule has 0 radical (unpaired) electrons. The molecule has 1 aromatic heterocycles. The van der Waals surface area contributed by atoms with Crippen molar-refractivity contribution in [1.29, 1.82) is 0 Å². The van der Waals surface area contributed by atoms with Gasteiger partial charge in [0.2, 0.25) is 0 Å². The fraction of sp³-hybridized carbons (Fsp3) is 0.842. The zero-order valence-corrected chi connectivity index (χ0v) is 16.5. The van der Waals surface area contributed by atoms with Crippen LogP contribution in [0.4, 0.5) is 5.13 Å². The smallest absolute Gasteiger partial charge is 0.185 e. The number of hydrogen-bond donors (Lipinski definition) is 1. The van der Waals surface area contributed by atoms with E-state index in [2.05, 4.69) is 19.7 Å². The van der Waals surface area contributed by atoms with E-state index < -0.39 is 0 Å². The fourth-order valence-electron chi connectivity index (χ4n) is 4.54. The van der Waals surface area contributed by atoms with Gasteiger partial charge in [-0.25, -0.2) is 4.98 Å². The van der Waals surface area contributed by atoms with Crippen LogP contribution in [-0.2, 0) is 11.3 Å². The number of aliphatic hydroxyl groups excluding tert-OH is 1. The van der Waals surface area contributed by atoms with Crippen molar-refractivity contribution in [2.75, 3.05) is 70.5 Å². The monoisotopic (exact) mass is 380 g/mol. The predicted molar refractivity (Wildman–Crippen MR) is 105 cm³/mol. The number of morpholine rings is 1. The number of rotatable bonds is 6. The van der Waals surface area contributed by atoms with Crippen LogP contribution in [0.2, 0.25) is 0 Å². The SMILES string of the molecule is OC[C@H]1CN(Cc2cnc(N3CCOCC3)s2)C[C@H]1CN1CCCCC1. The van der Waals surface area contributed by atoms with Gasteiger partial charge in [-0.1, -0.05) is 6.42 Å². The zero-order chi connectivity index (χ0) is 17.8. The summed E-state index contributed by atoms with van der Waals surface area (Å²) in [6.45, 7) is 10.5.